The Labute approximate surface area is 207 Å². The zero-order chi connectivity index (χ0) is 24.7. The summed E-state index contributed by atoms with van der Waals surface area (Å²) in [5.41, 5.74) is 2.19. The van der Waals surface area contributed by atoms with Gasteiger partial charge in [0.25, 0.3) is 0 Å². The van der Waals surface area contributed by atoms with Gasteiger partial charge in [0.15, 0.2) is 6.29 Å². The smallest absolute Gasteiger partial charge is 0.186 e. The van der Waals surface area contributed by atoms with Crippen molar-refractivity contribution in [3.8, 4) is 0 Å². The summed E-state index contributed by atoms with van der Waals surface area (Å²) in [7, 11) is 6.49. The van der Waals surface area contributed by atoms with Gasteiger partial charge in [-0.3, -0.25) is 0 Å². The highest BCUT2D eigenvalue weighted by Gasteiger charge is 2.48. The van der Waals surface area contributed by atoms with E-state index in [0.29, 0.717) is 0 Å². The van der Waals surface area contributed by atoms with Gasteiger partial charge in [-0.15, -0.1) is 0 Å². The Balaban J connectivity index is 1.77. The van der Waals surface area contributed by atoms with Gasteiger partial charge >= 0.3 is 0 Å². The lowest BCUT2D eigenvalue weighted by Gasteiger charge is -2.45. The van der Waals surface area contributed by atoms with Crippen LogP contribution in [0.2, 0.25) is 0 Å². The Morgan fingerprint density at radius 2 is 1.00 bits per heavy atom. The summed E-state index contributed by atoms with van der Waals surface area (Å²) in [5, 5.41) is 0. The second-order valence-electron chi connectivity index (χ2n) is 8.47. The van der Waals surface area contributed by atoms with Crippen molar-refractivity contribution in [2.75, 3.05) is 35.0 Å². The van der Waals surface area contributed by atoms with Crippen LogP contribution in [0.15, 0.2) is 91.0 Å². The van der Waals surface area contributed by atoms with Crippen molar-refractivity contribution in [1.82, 2.24) is 0 Å². The largest absolute Gasteiger partial charge is 0.376 e. The molecule has 6 nitrogen and oxygen atoms in total. The van der Waals surface area contributed by atoms with Crippen molar-refractivity contribution < 1.29 is 28.4 Å². The van der Waals surface area contributed by atoms with E-state index in [-0.39, 0.29) is 6.61 Å². The molecule has 0 aliphatic carbocycles. The predicted molar refractivity (Wildman–Crippen MR) is 133 cm³/mol. The molecule has 0 radical (unpaired) electrons. The van der Waals surface area contributed by atoms with Crippen LogP contribution in [0.4, 0.5) is 0 Å². The van der Waals surface area contributed by atoms with Crippen LogP contribution in [0, 0.1) is 0 Å². The summed E-state index contributed by atoms with van der Waals surface area (Å²) in [6.07, 6.45) is -2.33. The van der Waals surface area contributed by atoms with Crippen LogP contribution in [0.25, 0.3) is 0 Å². The first-order valence-electron chi connectivity index (χ1n) is 11.8. The fourth-order valence-corrected chi connectivity index (χ4v) is 4.98. The average molecular weight is 479 g/mol. The SMILES string of the molecule is COC1OC(COC(c2ccccc2)(c2ccccc2)c2ccccc2)C(OC)C(OC)C1OC. The van der Waals surface area contributed by atoms with E-state index in [9.17, 15) is 0 Å². The zero-order valence-corrected chi connectivity index (χ0v) is 20.7. The minimum absolute atomic E-state index is 0.230. The molecule has 5 atom stereocenters. The second kappa shape index (κ2) is 11.9. The molecule has 0 aromatic heterocycles. The van der Waals surface area contributed by atoms with Crippen molar-refractivity contribution in [2.24, 2.45) is 0 Å². The van der Waals surface area contributed by atoms with Crippen molar-refractivity contribution in [2.45, 2.75) is 36.3 Å². The maximum Gasteiger partial charge on any atom is 0.186 e. The molecule has 3 aromatic carbocycles. The maximum absolute atomic E-state index is 6.96. The first-order valence-corrected chi connectivity index (χ1v) is 11.8. The van der Waals surface area contributed by atoms with Crippen molar-refractivity contribution >= 4 is 0 Å². The summed E-state index contributed by atoms with van der Waals surface area (Å²) in [5.74, 6) is 0. The molecule has 6 heteroatoms. The van der Waals surface area contributed by atoms with Gasteiger partial charge in [-0.05, 0) is 16.7 Å². The molecule has 35 heavy (non-hydrogen) atoms. The number of hydrogen-bond acceptors (Lipinski definition) is 6. The highest BCUT2D eigenvalue weighted by atomic mass is 16.7. The lowest BCUT2D eigenvalue weighted by molar-refractivity contribution is -0.310. The lowest BCUT2D eigenvalue weighted by Crippen LogP contribution is -2.61. The molecule has 1 fully saturated rings. The molecule has 1 heterocycles. The summed E-state index contributed by atoms with van der Waals surface area (Å²) >= 11 is 0. The Bertz CT molecular complexity index is 916. The third-order valence-corrected chi connectivity index (χ3v) is 6.65. The van der Waals surface area contributed by atoms with Gasteiger partial charge in [0.2, 0.25) is 0 Å². The molecule has 0 N–H and O–H groups in total. The van der Waals surface area contributed by atoms with E-state index in [2.05, 4.69) is 36.4 Å². The van der Waals surface area contributed by atoms with E-state index >= 15 is 0 Å². The van der Waals surface area contributed by atoms with Crippen LogP contribution in [0.5, 0.6) is 0 Å². The first kappa shape index (κ1) is 25.5. The minimum Gasteiger partial charge on any atom is -0.376 e. The number of benzene rings is 3. The zero-order valence-electron chi connectivity index (χ0n) is 20.7. The van der Waals surface area contributed by atoms with Gasteiger partial charge in [-0.1, -0.05) is 91.0 Å². The van der Waals surface area contributed by atoms with Crippen molar-refractivity contribution in [3.05, 3.63) is 108 Å². The molecule has 0 saturated carbocycles. The van der Waals surface area contributed by atoms with Gasteiger partial charge in [-0.2, -0.15) is 0 Å². The Hall–Kier alpha value is -2.58. The first-order chi connectivity index (χ1) is 17.2. The Kier molecular flexibility index (Phi) is 8.68. The molecular formula is C29H34O6. The number of rotatable bonds is 10. The highest BCUT2D eigenvalue weighted by Crippen LogP contribution is 2.41. The monoisotopic (exact) mass is 478 g/mol. The second-order valence-corrected chi connectivity index (χ2v) is 8.47. The summed E-state index contributed by atoms with van der Waals surface area (Å²) in [6, 6.07) is 30.7. The van der Waals surface area contributed by atoms with Crippen LogP contribution >= 0.6 is 0 Å². The number of ether oxygens (including phenoxy) is 6. The third kappa shape index (κ3) is 5.05. The molecular weight excluding hydrogens is 444 g/mol. The van der Waals surface area contributed by atoms with Gasteiger partial charge < -0.3 is 28.4 Å². The van der Waals surface area contributed by atoms with Crippen LogP contribution < -0.4 is 0 Å². The van der Waals surface area contributed by atoms with Crippen LogP contribution in [0.3, 0.4) is 0 Å². The molecule has 186 valence electrons. The quantitative estimate of drug-likeness (QED) is 0.403. The van der Waals surface area contributed by atoms with E-state index in [1.807, 2.05) is 54.6 Å². The van der Waals surface area contributed by atoms with Gasteiger partial charge in [0, 0.05) is 28.4 Å². The third-order valence-electron chi connectivity index (χ3n) is 6.65. The van der Waals surface area contributed by atoms with Crippen molar-refractivity contribution in [3.63, 3.8) is 0 Å². The van der Waals surface area contributed by atoms with E-state index in [1.54, 1.807) is 28.4 Å². The lowest BCUT2D eigenvalue weighted by atomic mass is 9.80. The van der Waals surface area contributed by atoms with E-state index in [0.717, 1.165) is 16.7 Å². The summed E-state index contributed by atoms with van der Waals surface area (Å²) < 4.78 is 36.1. The molecule has 0 bridgehead atoms. The van der Waals surface area contributed by atoms with Crippen LogP contribution in [-0.4, -0.2) is 65.8 Å². The van der Waals surface area contributed by atoms with Crippen molar-refractivity contribution in [1.29, 1.82) is 0 Å². The Morgan fingerprint density at radius 1 is 0.571 bits per heavy atom. The molecule has 4 rings (SSSR count). The van der Waals surface area contributed by atoms with Gasteiger partial charge in [0.05, 0.1) is 6.61 Å². The predicted octanol–water partition coefficient (Wildman–Crippen LogP) is 4.41. The molecule has 1 aliphatic rings. The molecule has 1 saturated heterocycles. The molecule has 3 aromatic rings. The average Bonchev–Trinajstić information content (AvgIpc) is 2.94. The maximum atomic E-state index is 6.96. The molecule has 1 aliphatic heterocycles. The minimum atomic E-state index is -0.866. The van der Waals surface area contributed by atoms with E-state index in [1.165, 1.54) is 0 Å². The molecule has 0 spiro atoms. The van der Waals surface area contributed by atoms with Gasteiger partial charge in [0.1, 0.15) is 30.0 Å². The standard InChI is InChI=1S/C29H34O6/c1-30-25-24(35-28(33-4)27(32-3)26(25)31-2)20-34-29(21-14-8-5-9-15-21,22-16-10-6-11-17-22)23-18-12-7-13-19-23/h5-19,24-28H,20H2,1-4H3. The van der Waals surface area contributed by atoms with Gasteiger partial charge in [-0.25, -0.2) is 0 Å². The molecule has 0 amide bonds. The topological polar surface area (TPSA) is 55.4 Å². The van der Waals surface area contributed by atoms with E-state index < -0.39 is 36.3 Å². The normalized spacial score (nSPS) is 24.9. The van der Waals surface area contributed by atoms with E-state index in [4.69, 9.17) is 28.4 Å². The summed E-state index contributed by atoms with van der Waals surface area (Å²) in [6.45, 7) is 0.230. The number of hydrogen-bond donors (Lipinski definition) is 0. The highest BCUT2D eigenvalue weighted by molar-refractivity contribution is 5.47. The fourth-order valence-electron chi connectivity index (χ4n) is 4.98. The summed E-state index contributed by atoms with van der Waals surface area (Å²) in [4.78, 5) is 0. The number of methoxy groups -OCH3 is 4. The Morgan fingerprint density at radius 3 is 1.37 bits per heavy atom. The van der Waals surface area contributed by atoms with Crippen LogP contribution in [-0.2, 0) is 34.0 Å². The van der Waals surface area contributed by atoms with Crippen LogP contribution in [0.1, 0.15) is 16.7 Å². The molecule has 5 unspecified atom stereocenters. The fraction of sp³-hybridized carbons (Fsp3) is 0.379.